The second-order valence-electron chi connectivity index (χ2n) is 4.11. The number of rotatable bonds is 3. The molecule has 7 heteroatoms. The third-order valence-corrected chi connectivity index (χ3v) is 5.13. The van der Waals surface area contributed by atoms with E-state index in [-0.39, 0.29) is 5.75 Å². The Kier molecular flexibility index (Phi) is 4.26. The molecule has 0 spiro atoms. The van der Waals surface area contributed by atoms with Gasteiger partial charge in [0.2, 0.25) is 10.0 Å². The molecule has 0 aromatic heterocycles. The van der Waals surface area contributed by atoms with Crippen molar-refractivity contribution in [3.63, 3.8) is 0 Å². The van der Waals surface area contributed by atoms with E-state index < -0.39 is 10.0 Å². The molecule has 1 aromatic rings. The summed E-state index contributed by atoms with van der Waals surface area (Å²) < 4.78 is 31.9. The number of nitrogens with zero attached hydrogens (tertiary/aromatic N) is 1. The van der Waals surface area contributed by atoms with E-state index in [0.29, 0.717) is 37.6 Å². The Bertz CT molecular complexity index is 527. The molecule has 5 nitrogen and oxygen atoms in total. The summed E-state index contributed by atoms with van der Waals surface area (Å²) in [6, 6.07) is 5.24. The summed E-state index contributed by atoms with van der Waals surface area (Å²) in [6.07, 6.45) is 0. The molecule has 0 bridgehead atoms. The van der Waals surface area contributed by atoms with Crippen LogP contribution in [0.4, 0.5) is 5.69 Å². The van der Waals surface area contributed by atoms with Crippen molar-refractivity contribution >= 4 is 31.6 Å². The van der Waals surface area contributed by atoms with Gasteiger partial charge < -0.3 is 10.5 Å². The molecule has 0 saturated carbocycles. The lowest BCUT2D eigenvalue weighted by Crippen LogP contribution is -2.41. The average Bonchev–Trinajstić information content (AvgIpc) is 2.35. The minimum absolute atomic E-state index is 0.0712. The van der Waals surface area contributed by atoms with E-state index in [9.17, 15) is 8.42 Å². The van der Waals surface area contributed by atoms with Crippen LogP contribution < -0.4 is 5.73 Å². The molecule has 2 rings (SSSR count). The SMILES string of the molecule is Nc1ccc(Br)cc1CS(=O)(=O)N1CCOCC1. The summed E-state index contributed by atoms with van der Waals surface area (Å²) in [6.45, 7) is 1.73. The van der Waals surface area contributed by atoms with E-state index in [1.807, 2.05) is 0 Å². The highest BCUT2D eigenvalue weighted by molar-refractivity contribution is 9.10. The van der Waals surface area contributed by atoms with Crippen LogP contribution >= 0.6 is 15.9 Å². The highest BCUT2D eigenvalue weighted by Crippen LogP contribution is 2.22. The van der Waals surface area contributed by atoms with Gasteiger partial charge in [-0.3, -0.25) is 0 Å². The standard InChI is InChI=1S/C11H15BrN2O3S/c12-10-1-2-11(13)9(7-10)8-18(15,16)14-3-5-17-6-4-14/h1-2,7H,3-6,8,13H2. The number of morpholine rings is 1. The van der Waals surface area contributed by atoms with Crippen molar-refractivity contribution in [2.24, 2.45) is 0 Å². The fraction of sp³-hybridized carbons (Fsp3) is 0.455. The third-order valence-electron chi connectivity index (χ3n) is 2.81. The second-order valence-corrected chi connectivity index (χ2v) is 7.00. The fourth-order valence-electron chi connectivity index (χ4n) is 1.81. The molecule has 1 fully saturated rings. The molecule has 0 radical (unpaired) electrons. The second kappa shape index (κ2) is 5.56. The minimum atomic E-state index is -3.32. The van der Waals surface area contributed by atoms with Crippen LogP contribution in [-0.2, 0) is 20.5 Å². The van der Waals surface area contributed by atoms with Gasteiger partial charge in [-0.2, -0.15) is 4.31 Å². The van der Waals surface area contributed by atoms with E-state index in [1.165, 1.54) is 4.31 Å². The van der Waals surface area contributed by atoms with Crippen molar-refractivity contribution in [1.29, 1.82) is 0 Å². The minimum Gasteiger partial charge on any atom is -0.398 e. The van der Waals surface area contributed by atoms with Crippen LogP contribution in [-0.4, -0.2) is 39.0 Å². The molecule has 2 N–H and O–H groups in total. The van der Waals surface area contributed by atoms with Crippen molar-refractivity contribution in [3.05, 3.63) is 28.2 Å². The maximum atomic E-state index is 12.2. The molecule has 18 heavy (non-hydrogen) atoms. The molecule has 1 aromatic carbocycles. The zero-order chi connectivity index (χ0) is 13.2. The van der Waals surface area contributed by atoms with Crippen LogP contribution in [0.15, 0.2) is 22.7 Å². The first-order valence-electron chi connectivity index (χ1n) is 5.58. The van der Waals surface area contributed by atoms with E-state index in [1.54, 1.807) is 18.2 Å². The summed E-state index contributed by atoms with van der Waals surface area (Å²) in [5, 5.41) is 0. The normalized spacial score (nSPS) is 17.8. The summed E-state index contributed by atoms with van der Waals surface area (Å²) in [4.78, 5) is 0. The average molecular weight is 335 g/mol. The summed E-state index contributed by atoms with van der Waals surface area (Å²) >= 11 is 3.32. The number of hydrogen-bond acceptors (Lipinski definition) is 4. The van der Waals surface area contributed by atoms with Gasteiger partial charge in [0.1, 0.15) is 0 Å². The van der Waals surface area contributed by atoms with Gasteiger partial charge in [0, 0.05) is 23.2 Å². The first kappa shape index (κ1) is 13.8. The Hall–Kier alpha value is -0.630. The molecule has 1 heterocycles. The maximum Gasteiger partial charge on any atom is 0.218 e. The highest BCUT2D eigenvalue weighted by atomic mass is 79.9. The first-order chi connectivity index (χ1) is 8.49. The van der Waals surface area contributed by atoms with Gasteiger partial charge in [-0.05, 0) is 23.8 Å². The van der Waals surface area contributed by atoms with E-state index >= 15 is 0 Å². The third kappa shape index (κ3) is 3.23. The van der Waals surface area contributed by atoms with Crippen LogP contribution in [0.1, 0.15) is 5.56 Å². The Morgan fingerprint density at radius 1 is 1.33 bits per heavy atom. The van der Waals surface area contributed by atoms with Crippen molar-refractivity contribution < 1.29 is 13.2 Å². The van der Waals surface area contributed by atoms with Crippen molar-refractivity contribution in [2.45, 2.75) is 5.75 Å². The molecular formula is C11H15BrN2O3S. The van der Waals surface area contributed by atoms with Gasteiger partial charge in [0.25, 0.3) is 0 Å². The van der Waals surface area contributed by atoms with Crippen LogP contribution in [0.3, 0.4) is 0 Å². The Labute approximate surface area is 115 Å². The van der Waals surface area contributed by atoms with Crippen LogP contribution in [0, 0.1) is 0 Å². The van der Waals surface area contributed by atoms with Gasteiger partial charge in [0.05, 0.1) is 19.0 Å². The van der Waals surface area contributed by atoms with Gasteiger partial charge in [-0.15, -0.1) is 0 Å². The number of ether oxygens (including phenoxy) is 1. The number of nitrogens with two attached hydrogens (primary N) is 1. The number of nitrogen functional groups attached to an aromatic ring is 1. The van der Waals surface area contributed by atoms with E-state index in [0.717, 1.165) is 4.47 Å². The molecule has 0 amide bonds. The number of hydrogen-bond donors (Lipinski definition) is 1. The smallest absolute Gasteiger partial charge is 0.218 e. The number of anilines is 1. The molecule has 100 valence electrons. The van der Waals surface area contributed by atoms with E-state index in [4.69, 9.17) is 10.5 Å². The Morgan fingerprint density at radius 2 is 2.00 bits per heavy atom. The highest BCUT2D eigenvalue weighted by Gasteiger charge is 2.25. The topological polar surface area (TPSA) is 72.6 Å². The van der Waals surface area contributed by atoms with Gasteiger partial charge >= 0.3 is 0 Å². The molecular weight excluding hydrogens is 320 g/mol. The quantitative estimate of drug-likeness (QED) is 0.843. The summed E-state index contributed by atoms with van der Waals surface area (Å²) in [5.41, 5.74) is 6.91. The number of benzene rings is 1. The monoisotopic (exact) mass is 334 g/mol. The molecule has 1 aliphatic heterocycles. The van der Waals surface area contributed by atoms with Crippen LogP contribution in [0.5, 0.6) is 0 Å². The van der Waals surface area contributed by atoms with Gasteiger partial charge in [-0.1, -0.05) is 15.9 Å². The lowest BCUT2D eigenvalue weighted by Gasteiger charge is -2.26. The summed E-state index contributed by atoms with van der Waals surface area (Å²) in [7, 11) is -3.32. The van der Waals surface area contributed by atoms with Crippen molar-refractivity contribution in [2.75, 3.05) is 32.0 Å². The first-order valence-corrected chi connectivity index (χ1v) is 7.99. The molecule has 0 atom stereocenters. The van der Waals surface area contributed by atoms with Crippen LogP contribution in [0.25, 0.3) is 0 Å². The lowest BCUT2D eigenvalue weighted by atomic mass is 10.2. The molecule has 0 unspecified atom stereocenters. The predicted molar refractivity (Wildman–Crippen MR) is 73.6 cm³/mol. The largest absolute Gasteiger partial charge is 0.398 e. The zero-order valence-electron chi connectivity index (χ0n) is 9.80. The maximum absolute atomic E-state index is 12.2. The fourth-order valence-corrected chi connectivity index (χ4v) is 3.75. The van der Waals surface area contributed by atoms with Crippen LogP contribution in [0.2, 0.25) is 0 Å². The van der Waals surface area contributed by atoms with Crippen molar-refractivity contribution in [3.8, 4) is 0 Å². The molecule has 1 aliphatic rings. The molecule has 0 aliphatic carbocycles. The lowest BCUT2D eigenvalue weighted by molar-refractivity contribution is 0.0729. The molecule has 1 saturated heterocycles. The zero-order valence-corrected chi connectivity index (χ0v) is 12.2. The Morgan fingerprint density at radius 3 is 2.67 bits per heavy atom. The van der Waals surface area contributed by atoms with E-state index in [2.05, 4.69) is 15.9 Å². The summed E-state index contributed by atoms with van der Waals surface area (Å²) in [5.74, 6) is -0.0712. The number of halogens is 1. The predicted octanol–water partition coefficient (Wildman–Crippen LogP) is 1.19. The van der Waals surface area contributed by atoms with Gasteiger partial charge in [-0.25, -0.2) is 8.42 Å². The Balaban J connectivity index is 2.18. The van der Waals surface area contributed by atoms with Gasteiger partial charge in [0.15, 0.2) is 0 Å². The number of sulfonamides is 1. The van der Waals surface area contributed by atoms with Crippen molar-refractivity contribution in [1.82, 2.24) is 4.31 Å².